The smallest absolute Gasteiger partial charge is 0.315 e. The molecule has 0 radical (unpaired) electrons. The van der Waals surface area contributed by atoms with Crippen LogP contribution in [0.25, 0.3) is 0 Å². The molecule has 3 rings (SSSR count). The van der Waals surface area contributed by atoms with Gasteiger partial charge in [0.15, 0.2) is 0 Å². The highest BCUT2D eigenvalue weighted by molar-refractivity contribution is 5.21. The molecule has 2 fully saturated rings. The van der Waals surface area contributed by atoms with E-state index in [1.165, 1.54) is 19.3 Å². The molecule has 118 valence electrons. The fraction of sp³-hybridized carbons (Fsp3) is 0.875. The zero-order valence-corrected chi connectivity index (χ0v) is 13.7. The van der Waals surface area contributed by atoms with Crippen molar-refractivity contribution in [3.05, 3.63) is 5.89 Å². The van der Waals surface area contributed by atoms with Crippen molar-refractivity contribution in [3.63, 3.8) is 0 Å². The molecule has 0 amide bonds. The van der Waals surface area contributed by atoms with Crippen LogP contribution in [0.3, 0.4) is 0 Å². The molecular weight excluding hydrogens is 264 g/mol. The van der Waals surface area contributed by atoms with Gasteiger partial charge in [0.25, 0.3) is 0 Å². The highest BCUT2D eigenvalue weighted by Gasteiger charge is 2.38. The molecule has 2 aliphatic rings. The first-order valence-electron chi connectivity index (χ1n) is 8.14. The zero-order chi connectivity index (χ0) is 15.1. The molecule has 0 bridgehead atoms. The van der Waals surface area contributed by atoms with Crippen LogP contribution in [0.15, 0.2) is 4.42 Å². The van der Waals surface area contributed by atoms with Crippen molar-refractivity contribution in [2.24, 2.45) is 10.8 Å². The van der Waals surface area contributed by atoms with Gasteiger partial charge >= 0.3 is 6.01 Å². The van der Waals surface area contributed by atoms with Crippen molar-refractivity contribution in [2.75, 3.05) is 5.32 Å². The molecule has 2 N–H and O–H groups in total. The van der Waals surface area contributed by atoms with Gasteiger partial charge in [0.2, 0.25) is 5.89 Å². The van der Waals surface area contributed by atoms with E-state index < -0.39 is 0 Å². The number of rotatable bonds is 5. The molecule has 2 aliphatic carbocycles. The van der Waals surface area contributed by atoms with Crippen molar-refractivity contribution >= 4 is 6.01 Å². The second-order valence-electron chi connectivity index (χ2n) is 8.41. The Morgan fingerprint density at radius 1 is 1.05 bits per heavy atom. The van der Waals surface area contributed by atoms with Crippen LogP contribution < -0.4 is 10.6 Å². The highest BCUT2D eigenvalue weighted by Crippen LogP contribution is 2.46. The fourth-order valence-corrected chi connectivity index (χ4v) is 4.03. The van der Waals surface area contributed by atoms with Gasteiger partial charge in [-0.1, -0.05) is 32.8 Å². The summed E-state index contributed by atoms with van der Waals surface area (Å²) in [5.41, 5.74) is 0.714. The maximum absolute atomic E-state index is 5.71. The summed E-state index contributed by atoms with van der Waals surface area (Å²) in [4.78, 5) is 0. The summed E-state index contributed by atoms with van der Waals surface area (Å²) in [5.74, 6) is 0.679. The lowest BCUT2D eigenvalue weighted by molar-refractivity contribution is 0.104. The maximum Gasteiger partial charge on any atom is 0.315 e. The van der Waals surface area contributed by atoms with E-state index in [1.807, 2.05) is 0 Å². The summed E-state index contributed by atoms with van der Waals surface area (Å²) in [5, 5.41) is 15.1. The fourth-order valence-electron chi connectivity index (χ4n) is 4.03. The van der Waals surface area contributed by atoms with Crippen molar-refractivity contribution < 1.29 is 4.42 Å². The number of hydrogen-bond donors (Lipinski definition) is 2. The number of nitrogens with one attached hydrogen (secondary N) is 2. The van der Waals surface area contributed by atoms with Crippen LogP contribution in [0.2, 0.25) is 0 Å². The molecule has 21 heavy (non-hydrogen) atoms. The molecule has 1 heterocycles. The SMILES string of the molecule is CC1(C)CC(Nc2nnc(CNC3CC3)o2)CC(C)(C)C1. The number of hydrogen-bond acceptors (Lipinski definition) is 5. The first-order valence-corrected chi connectivity index (χ1v) is 8.14. The Labute approximate surface area is 127 Å². The Morgan fingerprint density at radius 2 is 1.71 bits per heavy atom. The molecule has 0 saturated heterocycles. The van der Waals surface area contributed by atoms with Crippen molar-refractivity contribution in [3.8, 4) is 0 Å². The van der Waals surface area contributed by atoms with Gasteiger partial charge in [0.1, 0.15) is 0 Å². The first kappa shape index (κ1) is 14.8. The molecule has 5 heteroatoms. The number of nitrogens with zero attached hydrogens (tertiary/aromatic N) is 2. The van der Waals surface area contributed by atoms with Crippen LogP contribution in [0, 0.1) is 10.8 Å². The summed E-state index contributed by atoms with van der Waals surface area (Å²) in [6.45, 7) is 10.1. The summed E-state index contributed by atoms with van der Waals surface area (Å²) >= 11 is 0. The molecule has 1 aromatic rings. The summed E-state index contributed by atoms with van der Waals surface area (Å²) in [7, 11) is 0. The lowest BCUT2D eigenvalue weighted by Crippen LogP contribution is -2.40. The normalized spacial score (nSPS) is 25.0. The average molecular weight is 292 g/mol. The van der Waals surface area contributed by atoms with Crippen molar-refractivity contribution in [2.45, 2.75) is 78.4 Å². The molecule has 0 atom stereocenters. The lowest BCUT2D eigenvalue weighted by Gasteiger charge is -2.44. The second-order valence-corrected chi connectivity index (χ2v) is 8.41. The molecule has 5 nitrogen and oxygen atoms in total. The lowest BCUT2D eigenvalue weighted by atomic mass is 9.63. The Balaban J connectivity index is 1.57. The van der Waals surface area contributed by atoms with Crippen molar-refractivity contribution in [1.82, 2.24) is 15.5 Å². The summed E-state index contributed by atoms with van der Waals surface area (Å²) in [6.07, 6.45) is 6.10. The van der Waals surface area contributed by atoms with Crippen molar-refractivity contribution in [1.29, 1.82) is 0 Å². The van der Waals surface area contributed by atoms with Crippen LogP contribution in [0.5, 0.6) is 0 Å². The Morgan fingerprint density at radius 3 is 2.33 bits per heavy atom. The third kappa shape index (κ3) is 4.19. The number of aromatic nitrogens is 2. The Hall–Kier alpha value is -1.10. The minimum absolute atomic E-state index is 0.357. The predicted octanol–water partition coefficient (Wildman–Crippen LogP) is 3.34. The van der Waals surface area contributed by atoms with E-state index in [9.17, 15) is 0 Å². The van der Waals surface area contributed by atoms with E-state index in [-0.39, 0.29) is 0 Å². The molecule has 2 saturated carbocycles. The summed E-state index contributed by atoms with van der Waals surface area (Å²) in [6, 6.07) is 1.64. The van der Waals surface area contributed by atoms with Gasteiger partial charge in [-0.2, -0.15) is 0 Å². The Bertz CT molecular complexity index is 474. The number of anilines is 1. The van der Waals surface area contributed by atoms with E-state index in [1.54, 1.807) is 0 Å². The van der Waals surface area contributed by atoms with E-state index in [4.69, 9.17) is 4.42 Å². The average Bonchev–Trinajstić information content (AvgIpc) is 3.04. The molecule has 1 aromatic heterocycles. The third-order valence-electron chi connectivity index (χ3n) is 4.47. The van der Waals surface area contributed by atoms with Gasteiger partial charge in [-0.3, -0.25) is 0 Å². The van der Waals surface area contributed by atoms with Crippen LogP contribution in [0.4, 0.5) is 6.01 Å². The first-order chi connectivity index (χ1) is 9.81. The zero-order valence-electron chi connectivity index (χ0n) is 13.7. The summed E-state index contributed by atoms with van der Waals surface area (Å²) < 4.78 is 5.71. The van der Waals surface area contributed by atoms with E-state index in [2.05, 4.69) is 48.5 Å². The largest absolute Gasteiger partial charge is 0.407 e. The van der Waals surface area contributed by atoms with Gasteiger partial charge in [-0.25, -0.2) is 0 Å². The van der Waals surface area contributed by atoms with Crippen LogP contribution in [-0.4, -0.2) is 22.3 Å². The highest BCUT2D eigenvalue weighted by atomic mass is 16.4. The topological polar surface area (TPSA) is 63.0 Å². The predicted molar refractivity (Wildman–Crippen MR) is 83.0 cm³/mol. The quantitative estimate of drug-likeness (QED) is 0.871. The van der Waals surface area contributed by atoms with E-state index in [0.717, 1.165) is 12.8 Å². The molecule has 0 spiro atoms. The Kier molecular flexibility index (Phi) is 3.72. The minimum Gasteiger partial charge on any atom is -0.407 e. The molecule has 0 aromatic carbocycles. The third-order valence-corrected chi connectivity index (χ3v) is 4.47. The minimum atomic E-state index is 0.357. The molecular formula is C16H28N4O. The van der Waals surface area contributed by atoms with Crippen LogP contribution in [-0.2, 0) is 6.54 Å². The van der Waals surface area contributed by atoms with Crippen LogP contribution in [0.1, 0.15) is 65.7 Å². The second kappa shape index (κ2) is 5.27. The van der Waals surface area contributed by atoms with Gasteiger partial charge in [0.05, 0.1) is 6.54 Å². The molecule has 0 aliphatic heterocycles. The van der Waals surface area contributed by atoms with Gasteiger partial charge in [-0.05, 0) is 42.9 Å². The van der Waals surface area contributed by atoms with Crippen LogP contribution >= 0.6 is 0 Å². The standard InChI is InChI=1S/C16H28N4O/c1-15(2)7-12(8-16(3,4)10-15)18-14-20-19-13(21-14)9-17-11-5-6-11/h11-12,17H,5-10H2,1-4H3,(H,18,20). The van der Waals surface area contributed by atoms with Gasteiger partial charge in [0, 0.05) is 12.1 Å². The van der Waals surface area contributed by atoms with Gasteiger partial charge in [-0.15, -0.1) is 5.10 Å². The van der Waals surface area contributed by atoms with E-state index >= 15 is 0 Å². The van der Waals surface area contributed by atoms with E-state index in [0.29, 0.717) is 41.4 Å². The monoisotopic (exact) mass is 292 g/mol. The van der Waals surface area contributed by atoms with Gasteiger partial charge < -0.3 is 15.1 Å². The maximum atomic E-state index is 5.71. The molecule has 0 unspecified atom stereocenters.